The highest BCUT2D eigenvalue weighted by atomic mass is 16.5. The molecule has 0 radical (unpaired) electrons. The molecule has 1 saturated carbocycles. The van der Waals surface area contributed by atoms with Gasteiger partial charge in [0.1, 0.15) is 0 Å². The van der Waals surface area contributed by atoms with Crippen LogP contribution in [0.1, 0.15) is 46.5 Å². The van der Waals surface area contributed by atoms with Crippen LogP contribution in [0.5, 0.6) is 0 Å². The zero-order valence-electron chi connectivity index (χ0n) is 10.9. The van der Waals surface area contributed by atoms with Gasteiger partial charge in [0, 0.05) is 20.3 Å². The summed E-state index contributed by atoms with van der Waals surface area (Å²) in [6.07, 6.45) is 5.26. The fourth-order valence-corrected chi connectivity index (χ4v) is 1.83. The molecule has 0 unspecified atom stereocenters. The fraction of sp³-hybridized carbons (Fsp3) is 1.00. The number of rotatable bonds is 7. The predicted octanol–water partition coefficient (Wildman–Crippen LogP) is 2.83. The van der Waals surface area contributed by atoms with Gasteiger partial charge in [-0.2, -0.15) is 0 Å². The van der Waals surface area contributed by atoms with E-state index in [1.54, 1.807) is 7.11 Å². The third-order valence-corrected chi connectivity index (χ3v) is 3.35. The first-order valence-electron chi connectivity index (χ1n) is 6.17. The van der Waals surface area contributed by atoms with E-state index in [1.165, 1.54) is 32.2 Å². The van der Waals surface area contributed by atoms with Crippen LogP contribution in [-0.2, 0) is 4.74 Å². The van der Waals surface area contributed by atoms with Crippen LogP contribution < -0.4 is 5.32 Å². The minimum absolute atomic E-state index is 0.455. The SMILES string of the molecule is COCCC1(CNCCC(C)(C)C)CC1. The second kappa shape index (κ2) is 5.31. The van der Waals surface area contributed by atoms with E-state index >= 15 is 0 Å². The highest BCUT2D eigenvalue weighted by Crippen LogP contribution is 2.48. The summed E-state index contributed by atoms with van der Waals surface area (Å²) in [4.78, 5) is 0. The lowest BCUT2D eigenvalue weighted by Gasteiger charge is -2.20. The van der Waals surface area contributed by atoms with Crippen molar-refractivity contribution in [1.82, 2.24) is 5.32 Å². The molecule has 1 N–H and O–H groups in total. The smallest absolute Gasteiger partial charge is 0.0468 e. The average molecular weight is 213 g/mol. The molecule has 1 rings (SSSR count). The van der Waals surface area contributed by atoms with Gasteiger partial charge in [-0.25, -0.2) is 0 Å². The predicted molar refractivity (Wildman–Crippen MR) is 65.1 cm³/mol. The Hall–Kier alpha value is -0.0800. The van der Waals surface area contributed by atoms with Gasteiger partial charge in [-0.05, 0) is 43.1 Å². The number of methoxy groups -OCH3 is 1. The van der Waals surface area contributed by atoms with Crippen LogP contribution in [0.2, 0.25) is 0 Å². The van der Waals surface area contributed by atoms with Gasteiger partial charge in [0.05, 0.1) is 0 Å². The van der Waals surface area contributed by atoms with Crippen molar-refractivity contribution < 1.29 is 4.74 Å². The highest BCUT2D eigenvalue weighted by Gasteiger charge is 2.41. The van der Waals surface area contributed by atoms with Crippen molar-refractivity contribution in [3.63, 3.8) is 0 Å². The summed E-state index contributed by atoms with van der Waals surface area (Å²) < 4.78 is 5.15. The van der Waals surface area contributed by atoms with Gasteiger partial charge < -0.3 is 10.1 Å². The Kier molecular flexibility index (Phi) is 4.60. The lowest BCUT2D eigenvalue weighted by atomic mass is 9.92. The first-order chi connectivity index (χ1) is 6.97. The van der Waals surface area contributed by atoms with Crippen LogP contribution >= 0.6 is 0 Å². The molecule has 0 amide bonds. The molecule has 0 aliphatic heterocycles. The van der Waals surface area contributed by atoms with E-state index in [4.69, 9.17) is 4.74 Å². The van der Waals surface area contributed by atoms with Gasteiger partial charge in [-0.1, -0.05) is 20.8 Å². The van der Waals surface area contributed by atoms with Gasteiger partial charge in [0.25, 0.3) is 0 Å². The average Bonchev–Trinajstić information content (AvgIpc) is 2.89. The Morgan fingerprint density at radius 2 is 1.93 bits per heavy atom. The second-order valence-electron chi connectivity index (χ2n) is 6.23. The molecule has 15 heavy (non-hydrogen) atoms. The van der Waals surface area contributed by atoms with Crippen LogP contribution in [0.25, 0.3) is 0 Å². The molecule has 0 bridgehead atoms. The van der Waals surface area contributed by atoms with Crippen molar-refractivity contribution in [2.75, 3.05) is 26.8 Å². The third kappa shape index (κ3) is 5.53. The first-order valence-corrected chi connectivity index (χ1v) is 6.17. The van der Waals surface area contributed by atoms with Crippen molar-refractivity contribution in [1.29, 1.82) is 0 Å². The van der Waals surface area contributed by atoms with Crippen LogP contribution in [-0.4, -0.2) is 26.8 Å². The van der Waals surface area contributed by atoms with Crippen LogP contribution in [0, 0.1) is 10.8 Å². The largest absolute Gasteiger partial charge is 0.385 e. The van der Waals surface area contributed by atoms with Crippen molar-refractivity contribution in [2.24, 2.45) is 10.8 Å². The maximum absolute atomic E-state index is 5.15. The second-order valence-corrected chi connectivity index (χ2v) is 6.23. The first kappa shape index (κ1) is 13.0. The Morgan fingerprint density at radius 1 is 1.27 bits per heavy atom. The van der Waals surface area contributed by atoms with E-state index in [0.29, 0.717) is 10.8 Å². The summed E-state index contributed by atoms with van der Waals surface area (Å²) in [5, 5.41) is 3.60. The van der Waals surface area contributed by atoms with E-state index in [-0.39, 0.29) is 0 Å². The molecule has 0 saturated heterocycles. The summed E-state index contributed by atoms with van der Waals surface area (Å²) in [7, 11) is 1.79. The van der Waals surface area contributed by atoms with Gasteiger partial charge >= 0.3 is 0 Å². The summed E-state index contributed by atoms with van der Waals surface area (Å²) in [6.45, 7) is 10.1. The van der Waals surface area contributed by atoms with Crippen molar-refractivity contribution in [3.05, 3.63) is 0 Å². The van der Waals surface area contributed by atoms with E-state index in [0.717, 1.165) is 13.2 Å². The summed E-state index contributed by atoms with van der Waals surface area (Å²) >= 11 is 0. The summed E-state index contributed by atoms with van der Waals surface area (Å²) in [6, 6.07) is 0. The Morgan fingerprint density at radius 3 is 2.40 bits per heavy atom. The van der Waals surface area contributed by atoms with Crippen molar-refractivity contribution in [2.45, 2.75) is 46.5 Å². The zero-order chi connectivity index (χ0) is 11.4. The van der Waals surface area contributed by atoms with E-state index in [9.17, 15) is 0 Å². The minimum Gasteiger partial charge on any atom is -0.385 e. The number of hydrogen-bond acceptors (Lipinski definition) is 2. The maximum atomic E-state index is 5.15. The molecule has 0 spiro atoms. The molecule has 1 aliphatic carbocycles. The molecule has 90 valence electrons. The molecular formula is C13H27NO. The van der Waals surface area contributed by atoms with Gasteiger partial charge in [0.2, 0.25) is 0 Å². The molecule has 1 fully saturated rings. The normalized spacial score (nSPS) is 19.2. The molecule has 0 heterocycles. The molecular weight excluding hydrogens is 186 g/mol. The fourth-order valence-electron chi connectivity index (χ4n) is 1.83. The number of ether oxygens (including phenoxy) is 1. The van der Waals surface area contributed by atoms with Crippen molar-refractivity contribution >= 4 is 0 Å². The molecule has 0 aromatic carbocycles. The van der Waals surface area contributed by atoms with Gasteiger partial charge in [-0.3, -0.25) is 0 Å². The molecule has 0 atom stereocenters. The lowest BCUT2D eigenvalue weighted by Crippen LogP contribution is -2.28. The summed E-state index contributed by atoms with van der Waals surface area (Å²) in [5.74, 6) is 0. The minimum atomic E-state index is 0.455. The Balaban J connectivity index is 2.05. The number of nitrogens with one attached hydrogen (secondary N) is 1. The quantitative estimate of drug-likeness (QED) is 0.657. The molecule has 2 heteroatoms. The maximum Gasteiger partial charge on any atom is 0.0468 e. The molecule has 0 aromatic heterocycles. The van der Waals surface area contributed by atoms with Crippen molar-refractivity contribution in [3.8, 4) is 0 Å². The van der Waals surface area contributed by atoms with E-state index < -0.39 is 0 Å². The monoisotopic (exact) mass is 213 g/mol. The Labute approximate surface area is 94.8 Å². The van der Waals surface area contributed by atoms with Gasteiger partial charge in [-0.15, -0.1) is 0 Å². The van der Waals surface area contributed by atoms with Crippen LogP contribution in [0.4, 0.5) is 0 Å². The van der Waals surface area contributed by atoms with E-state index in [2.05, 4.69) is 26.1 Å². The summed E-state index contributed by atoms with van der Waals surface area (Å²) in [5.41, 5.74) is 1.05. The van der Waals surface area contributed by atoms with Crippen LogP contribution in [0.15, 0.2) is 0 Å². The zero-order valence-corrected chi connectivity index (χ0v) is 10.9. The van der Waals surface area contributed by atoms with Gasteiger partial charge in [0.15, 0.2) is 0 Å². The standard InChI is InChI=1S/C13H27NO/c1-12(2,3)7-9-14-11-13(5-6-13)8-10-15-4/h14H,5-11H2,1-4H3. The topological polar surface area (TPSA) is 21.3 Å². The lowest BCUT2D eigenvalue weighted by molar-refractivity contribution is 0.171. The molecule has 2 nitrogen and oxygen atoms in total. The molecule has 0 aromatic rings. The van der Waals surface area contributed by atoms with Crippen LogP contribution in [0.3, 0.4) is 0 Å². The third-order valence-electron chi connectivity index (χ3n) is 3.35. The van der Waals surface area contributed by atoms with E-state index in [1.807, 2.05) is 0 Å². The number of hydrogen-bond donors (Lipinski definition) is 1. The molecule has 1 aliphatic rings. The highest BCUT2D eigenvalue weighted by molar-refractivity contribution is 4.94. The Bertz CT molecular complexity index is 179.